The fraction of sp³-hybridized carbons (Fsp3) is 0.464. The molecule has 1 spiro atoms. The van der Waals surface area contributed by atoms with Crippen LogP contribution in [0.15, 0.2) is 36.4 Å². The summed E-state index contributed by atoms with van der Waals surface area (Å²) in [6.07, 6.45) is -1.36. The van der Waals surface area contributed by atoms with Crippen LogP contribution in [0.1, 0.15) is 44.2 Å². The number of hydrogen-bond donors (Lipinski definition) is 3. The van der Waals surface area contributed by atoms with Crippen molar-refractivity contribution in [1.82, 2.24) is 4.90 Å². The first-order chi connectivity index (χ1) is 18.7. The van der Waals surface area contributed by atoms with Gasteiger partial charge in [-0.2, -0.15) is 0 Å². The second kappa shape index (κ2) is 11.3. The third-order valence-corrected chi connectivity index (χ3v) is 8.04. The third-order valence-electron chi connectivity index (χ3n) is 7.52. The Morgan fingerprint density at radius 2 is 1.93 bits per heavy atom. The predicted octanol–water partition coefficient (Wildman–Crippen LogP) is 4.15. The van der Waals surface area contributed by atoms with Crippen molar-refractivity contribution >= 4 is 46.7 Å². The number of benzene rings is 2. The number of primary amides is 1. The van der Waals surface area contributed by atoms with Gasteiger partial charge in [0.25, 0.3) is 5.91 Å². The van der Waals surface area contributed by atoms with Gasteiger partial charge in [-0.3, -0.25) is 19.3 Å². The maximum Gasteiger partial charge on any atom is 0.321 e. The van der Waals surface area contributed by atoms with Gasteiger partial charge in [-0.1, -0.05) is 62.2 Å². The average Bonchev–Trinajstić information content (AvgIpc) is 3.29. The SMILES string of the molecule is COCCOC(C(N)=O)N1C(C(=O)O)C(c2cccc(Cl)c2F)C2(C(=O)Nc3cc(Cl)ccc32)C1CC(C)(C)C. The first-order valence-corrected chi connectivity index (χ1v) is 13.5. The van der Waals surface area contributed by atoms with Crippen LogP contribution in [0.3, 0.4) is 0 Å². The quantitative estimate of drug-likeness (QED) is 0.371. The number of fused-ring (bicyclic) bond motifs is 2. The van der Waals surface area contributed by atoms with Gasteiger partial charge < -0.3 is 25.6 Å². The summed E-state index contributed by atoms with van der Waals surface area (Å²) < 4.78 is 26.7. The summed E-state index contributed by atoms with van der Waals surface area (Å²) in [7, 11) is 1.44. The predicted molar refractivity (Wildman–Crippen MR) is 148 cm³/mol. The molecule has 0 aliphatic carbocycles. The highest BCUT2D eigenvalue weighted by Gasteiger charge is 2.71. The lowest BCUT2D eigenvalue weighted by Gasteiger charge is -2.41. The lowest BCUT2D eigenvalue weighted by Crippen LogP contribution is -2.58. The van der Waals surface area contributed by atoms with Gasteiger partial charge in [-0.25, -0.2) is 4.39 Å². The van der Waals surface area contributed by atoms with Gasteiger partial charge in [0.2, 0.25) is 5.91 Å². The van der Waals surface area contributed by atoms with Crippen molar-refractivity contribution < 1.29 is 33.4 Å². The van der Waals surface area contributed by atoms with Crippen molar-refractivity contribution in [1.29, 1.82) is 0 Å². The molecule has 2 aliphatic heterocycles. The molecule has 0 radical (unpaired) electrons. The van der Waals surface area contributed by atoms with Crippen LogP contribution in [-0.4, -0.2) is 66.4 Å². The molecule has 216 valence electrons. The van der Waals surface area contributed by atoms with Crippen LogP contribution in [0.25, 0.3) is 0 Å². The number of carboxylic acid groups (broad SMARTS) is 1. The van der Waals surface area contributed by atoms with Gasteiger partial charge in [0.1, 0.15) is 17.3 Å². The van der Waals surface area contributed by atoms with E-state index in [0.29, 0.717) is 16.3 Å². The number of anilines is 1. The molecule has 1 fully saturated rings. The van der Waals surface area contributed by atoms with E-state index in [1.54, 1.807) is 18.2 Å². The summed E-state index contributed by atoms with van der Waals surface area (Å²) >= 11 is 12.4. The molecule has 5 unspecified atom stereocenters. The van der Waals surface area contributed by atoms with E-state index in [1.807, 2.05) is 20.8 Å². The molecule has 2 aromatic carbocycles. The highest BCUT2D eigenvalue weighted by Crippen LogP contribution is 2.60. The van der Waals surface area contributed by atoms with E-state index in [0.717, 1.165) is 0 Å². The molecule has 4 N–H and O–H groups in total. The lowest BCUT2D eigenvalue weighted by atomic mass is 9.62. The zero-order valence-electron chi connectivity index (χ0n) is 22.5. The zero-order chi connectivity index (χ0) is 29.6. The molecule has 0 aromatic heterocycles. The molecule has 0 bridgehead atoms. The standard InChI is InChI=1S/C28H32Cl2FN3O6/c1-27(2,3)13-19-28(16-9-8-14(29)12-18(16)33-26(28)38)20(15-6-5-7-17(30)21(15)31)22(25(36)37)34(19)24(23(32)35)40-11-10-39-4/h5-9,12,19-20,22,24H,10-11,13H2,1-4H3,(H2,32,35)(H,33,38)(H,36,37). The number of nitrogens with zero attached hydrogens (tertiary/aromatic N) is 1. The number of amides is 2. The lowest BCUT2D eigenvalue weighted by molar-refractivity contribution is -0.162. The fourth-order valence-corrected chi connectivity index (χ4v) is 6.54. The number of rotatable bonds is 9. The van der Waals surface area contributed by atoms with E-state index in [2.05, 4.69) is 5.32 Å². The minimum atomic E-state index is -1.69. The summed E-state index contributed by atoms with van der Waals surface area (Å²) in [5.74, 6) is -5.11. The Morgan fingerprint density at radius 3 is 2.52 bits per heavy atom. The van der Waals surface area contributed by atoms with Crippen LogP contribution >= 0.6 is 23.2 Å². The second-order valence-corrected chi connectivity index (χ2v) is 12.1. The van der Waals surface area contributed by atoms with Crippen molar-refractivity contribution in [2.24, 2.45) is 11.1 Å². The summed E-state index contributed by atoms with van der Waals surface area (Å²) in [4.78, 5) is 41.7. The third kappa shape index (κ3) is 5.07. The first-order valence-electron chi connectivity index (χ1n) is 12.7. The van der Waals surface area contributed by atoms with E-state index < -0.39 is 58.7 Å². The van der Waals surface area contributed by atoms with Crippen molar-refractivity contribution in [2.75, 3.05) is 25.6 Å². The largest absolute Gasteiger partial charge is 0.480 e. The Balaban J connectivity index is 2.12. The summed E-state index contributed by atoms with van der Waals surface area (Å²) in [6.45, 7) is 5.77. The molecule has 4 rings (SSSR count). The van der Waals surface area contributed by atoms with Crippen molar-refractivity contribution in [3.05, 3.63) is 63.4 Å². The Labute approximate surface area is 241 Å². The summed E-state index contributed by atoms with van der Waals surface area (Å²) in [5.41, 5.74) is 4.33. The van der Waals surface area contributed by atoms with Crippen molar-refractivity contribution in [2.45, 2.75) is 56.8 Å². The molecule has 2 amide bonds. The number of methoxy groups -OCH3 is 1. The number of carboxylic acids is 1. The summed E-state index contributed by atoms with van der Waals surface area (Å²) in [5, 5.41) is 13.7. The second-order valence-electron chi connectivity index (χ2n) is 11.3. The van der Waals surface area contributed by atoms with Gasteiger partial charge >= 0.3 is 5.97 Å². The molecule has 2 heterocycles. The monoisotopic (exact) mass is 595 g/mol. The molecule has 1 saturated heterocycles. The Bertz CT molecular complexity index is 1340. The fourth-order valence-electron chi connectivity index (χ4n) is 6.19. The van der Waals surface area contributed by atoms with Gasteiger partial charge in [-0.05, 0) is 41.2 Å². The van der Waals surface area contributed by atoms with E-state index in [4.69, 9.17) is 38.4 Å². The van der Waals surface area contributed by atoms with Crippen LogP contribution in [0.2, 0.25) is 10.0 Å². The topological polar surface area (TPSA) is 131 Å². The number of ether oxygens (including phenoxy) is 2. The highest BCUT2D eigenvalue weighted by molar-refractivity contribution is 6.31. The molecule has 9 nitrogen and oxygen atoms in total. The van der Waals surface area contributed by atoms with Crippen LogP contribution in [0.4, 0.5) is 10.1 Å². The molecule has 40 heavy (non-hydrogen) atoms. The number of carbonyl (C=O) groups is 3. The smallest absolute Gasteiger partial charge is 0.321 e. The van der Waals surface area contributed by atoms with E-state index in [1.165, 1.54) is 30.2 Å². The number of likely N-dealkylation sites (tertiary alicyclic amines) is 1. The van der Waals surface area contributed by atoms with Crippen molar-refractivity contribution in [3.8, 4) is 0 Å². The molecule has 0 saturated carbocycles. The van der Waals surface area contributed by atoms with Crippen LogP contribution in [0.5, 0.6) is 0 Å². The van der Waals surface area contributed by atoms with E-state index in [9.17, 15) is 19.5 Å². The Morgan fingerprint density at radius 1 is 1.23 bits per heavy atom. The summed E-state index contributed by atoms with van der Waals surface area (Å²) in [6, 6.07) is 6.41. The van der Waals surface area contributed by atoms with Crippen LogP contribution in [-0.2, 0) is 29.3 Å². The van der Waals surface area contributed by atoms with E-state index >= 15 is 4.39 Å². The first kappa shape index (κ1) is 30.2. The van der Waals surface area contributed by atoms with Crippen LogP contribution < -0.4 is 11.1 Å². The number of hydrogen-bond acceptors (Lipinski definition) is 6. The molecular weight excluding hydrogens is 564 g/mol. The number of halogens is 3. The Hall–Kier alpha value is -2.76. The minimum Gasteiger partial charge on any atom is -0.480 e. The van der Waals surface area contributed by atoms with Crippen LogP contribution in [0, 0.1) is 11.2 Å². The highest BCUT2D eigenvalue weighted by atomic mass is 35.5. The van der Waals surface area contributed by atoms with Gasteiger partial charge in [0.05, 0.1) is 18.2 Å². The Kier molecular flexibility index (Phi) is 8.50. The van der Waals surface area contributed by atoms with E-state index in [-0.39, 0.29) is 30.2 Å². The molecule has 2 aromatic rings. The zero-order valence-corrected chi connectivity index (χ0v) is 24.1. The molecule has 2 aliphatic rings. The van der Waals surface area contributed by atoms with Gasteiger partial charge in [0.15, 0.2) is 6.23 Å². The number of carbonyl (C=O) groups excluding carboxylic acids is 2. The molecule has 5 atom stereocenters. The maximum atomic E-state index is 15.9. The number of nitrogens with two attached hydrogens (primary N) is 1. The normalized spacial score (nSPS) is 25.2. The van der Waals surface area contributed by atoms with Crippen molar-refractivity contribution in [3.63, 3.8) is 0 Å². The number of aliphatic carboxylic acids is 1. The minimum absolute atomic E-state index is 0.0839. The van der Waals surface area contributed by atoms with Gasteiger partial charge in [-0.15, -0.1) is 0 Å². The average molecular weight is 596 g/mol. The number of nitrogens with one attached hydrogen (secondary N) is 1. The van der Waals surface area contributed by atoms with Gasteiger partial charge in [0, 0.05) is 29.8 Å². The molecule has 12 heteroatoms. The molecular formula is C28H32Cl2FN3O6. The maximum absolute atomic E-state index is 15.9.